The molecule has 118 valence electrons. The lowest BCUT2D eigenvalue weighted by Crippen LogP contribution is -2.25. The van der Waals surface area contributed by atoms with E-state index in [4.69, 9.17) is 0 Å². The van der Waals surface area contributed by atoms with Gasteiger partial charge in [-0.25, -0.2) is 8.42 Å². The number of hydrogen-bond acceptors (Lipinski definition) is 3. The molecule has 0 aliphatic rings. The van der Waals surface area contributed by atoms with Gasteiger partial charge in [0, 0.05) is 19.2 Å². The highest BCUT2D eigenvalue weighted by atomic mass is 32.2. The number of amides is 1. The van der Waals surface area contributed by atoms with Crippen molar-refractivity contribution >= 4 is 26.5 Å². The molecule has 0 spiro atoms. The summed E-state index contributed by atoms with van der Waals surface area (Å²) in [6.45, 7) is 2.53. The molecule has 4 nitrogen and oxygen atoms in total. The maximum atomic E-state index is 11.7. The highest BCUT2D eigenvalue weighted by Crippen LogP contribution is 2.23. The Hall–Kier alpha value is -1.88. The van der Waals surface area contributed by atoms with Crippen LogP contribution in [0.5, 0.6) is 0 Å². The predicted molar refractivity (Wildman–Crippen MR) is 88.7 cm³/mol. The van der Waals surface area contributed by atoms with E-state index < -0.39 is 9.84 Å². The van der Waals surface area contributed by atoms with Crippen LogP contribution >= 0.6 is 0 Å². The molecule has 2 rings (SSSR count). The van der Waals surface area contributed by atoms with Crippen molar-refractivity contribution in [1.29, 1.82) is 0 Å². The third kappa shape index (κ3) is 4.07. The third-order valence-corrected chi connectivity index (χ3v) is 4.68. The summed E-state index contributed by atoms with van der Waals surface area (Å²) in [5.74, 6) is 0.0551. The maximum absolute atomic E-state index is 11.7. The van der Waals surface area contributed by atoms with Crippen molar-refractivity contribution in [3.05, 3.63) is 42.0 Å². The fourth-order valence-electron chi connectivity index (χ4n) is 2.42. The monoisotopic (exact) mass is 319 g/mol. The number of nitrogens with one attached hydrogen (secondary N) is 1. The first-order valence-electron chi connectivity index (χ1n) is 7.40. The van der Waals surface area contributed by atoms with Crippen molar-refractivity contribution in [2.24, 2.45) is 0 Å². The topological polar surface area (TPSA) is 63.2 Å². The zero-order valence-electron chi connectivity index (χ0n) is 12.9. The largest absolute Gasteiger partial charge is 0.356 e. The van der Waals surface area contributed by atoms with Gasteiger partial charge in [-0.1, -0.05) is 31.2 Å². The molecular formula is C17H21NO3S. The SMILES string of the molecule is CCCC(=O)NCCc1cccc2ccc(S(C)(=O)=O)cc12. The van der Waals surface area contributed by atoms with E-state index in [0.717, 1.165) is 22.8 Å². The van der Waals surface area contributed by atoms with Crippen LogP contribution in [0.25, 0.3) is 10.8 Å². The van der Waals surface area contributed by atoms with Gasteiger partial charge in [0.25, 0.3) is 0 Å². The van der Waals surface area contributed by atoms with Crippen LogP contribution in [0.4, 0.5) is 0 Å². The van der Waals surface area contributed by atoms with Gasteiger partial charge in [-0.2, -0.15) is 0 Å². The van der Waals surface area contributed by atoms with Crippen LogP contribution in [-0.2, 0) is 21.1 Å². The van der Waals surface area contributed by atoms with E-state index in [-0.39, 0.29) is 5.91 Å². The van der Waals surface area contributed by atoms with Crippen LogP contribution in [0, 0.1) is 0 Å². The number of carbonyl (C=O) groups excluding carboxylic acids is 1. The van der Waals surface area contributed by atoms with Crippen LogP contribution in [-0.4, -0.2) is 27.1 Å². The summed E-state index contributed by atoms with van der Waals surface area (Å²) in [6, 6.07) is 11.1. The van der Waals surface area contributed by atoms with Gasteiger partial charge in [0.2, 0.25) is 5.91 Å². The quantitative estimate of drug-likeness (QED) is 0.890. The maximum Gasteiger partial charge on any atom is 0.219 e. The van der Waals surface area contributed by atoms with Crippen LogP contribution < -0.4 is 5.32 Å². The Balaban J connectivity index is 2.24. The molecule has 0 atom stereocenters. The Morgan fingerprint density at radius 1 is 1.18 bits per heavy atom. The highest BCUT2D eigenvalue weighted by molar-refractivity contribution is 7.90. The summed E-state index contributed by atoms with van der Waals surface area (Å²) < 4.78 is 23.4. The first kappa shape index (κ1) is 16.5. The minimum absolute atomic E-state index is 0.0551. The van der Waals surface area contributed by atoms with Crippen LogP contribution in [0.15, 0.2) is 41.3 Å². The second-order valence-electron chi connectivity index (χ2n) is 5.42. The van der Waals surface area contributed by atoms with Gasteiger partial charge >= 0.3 is 0 Å². The van der Waals surface area contributed by atoms with Crippen LogP contribution in [0.2, 0.25) is 0 Å². The van der Waals surface area contributed by atoms with E-state index in [0.29, 0.717) is 24.3 Å². The molecule has 0 fully saturated rings. The lowest BCUT2D eigenvalue weighted by molar-refractivity contribution is -0.121. The molecule has 0 saturated carbocycles. The van der Waals surface area contributed by atoms with Gasteiger partial charge < -0.3 is 5.32 Å². The van der Waals surface area contributed by atoms with Crippen LogP contribution in [0.1, 0.15) is 25.3 Å². The summed E-state index contributed by atoms with van der Waals surface area (Å²) in [6.07, 6.45) is 3.26. The third-order valence-electron chi connectivity index (χ3n) is 3.57. The summed E-state index contributed by atoms with van der Waals surface area (Å²) in [7, 11) is -3.22. The number of hydrogen-bond donors (Lipinski definition) is 1. The van der Waals surface area contributed by atoms with E-state index in [2.05, 4.69) is 5.32 Å². The Labute approximate surface area is 131 Å². The molecule has 1 amide bonds. The van der Waals surface area contributed by atoms with E-state index in [1.807, 2.05) is 31.2 Å². The summed E-state index contributed by atoms with van der Waals surface area (Å²) in [4.78, 5) is 11.8. The lowest BCUT2D eigenvalue weighted by Gasteiger charge is -2.09. The molecule has 0 saturated heterocycles. The summed E-state index contributed by atoms with van der Waals surface area (Å²) in [5, 5.41) is 4.81. The smallest absolute Gasteiger partial charge is 0.219 e. The van der Waals surface area contributed by atoms with Gasteiger partial charge in [0.05, 0.1) is 4.90 Å². The molecule has 0 unspecified atom stereocenters. The van der Waals surface area contributed by atoms with Gasteiger partial charge in [0.15, 0.2) is 9.84 Å². The molecule has 2 aromatic carbocycles. The molecule has 0 bridgehead atoms. The Kier molecular flexibility index (Phi) is 5.19. The molecule has 5 heteroatoms. The van der Waals surface area contributed by atoms with E-state index in [1.165, 1.54) is 6.26 Å². The van der Waals surface area contributed by atoms with E-state index in [9.17, 15) is 13.2 Å². The van der Waals surface area contributed by atoms with Crippen molar-refractivity contribution in [3.8, 4) is 0 Å². The van der Waals surface area contributed by atoms with Crippen molar-refractivity contribution < 1.29 is 13.2 Å². The molecule has 0 aliphatic heterocycles. The summed E-state index contributed by atoms with van der Waals surface area (Å²) >= 11 is 0. The number of benzene rings is 2. The average Bonchev–Trinajstić information content (AvgIpc) is 2.46. The second kappa shape index (κ2) is 6.92. The normalized spacial score (nSPS) is 11.5. The molecule has 1 N–H and O–H groups in total. The number of fused-ring (bicyclic) bond motifs is 1. The molecule has 0 heterocycles. The highest BCUT2D eigenvalue weighted by Gasteiger charge is 2.09. The molecule has 22 heavy (non-hydrogen) atoms. The van der Waals surface area contributed by atoms with Crippen molar-refractivity contribution in [3.63, 3.8) is 0 Å². The fraction of sp³-hybridized carbons (Fsp3) is 0.353. The van der Waals surface area contributed by atoms with Gasteiger partial charge in [-0.05, 0) is 41.3 Å². The zero-order chi connectivity index (χ0) is 16.2. The van der Waals surface area contributed by atoms with Gasteiger partial charge in [0.1, 0.15) is 0 Å². The molecule has 2 aromatic rings. The van der Waals surface area contributed by atoms with Crippen molar-refractivity contribution in [1.82, 2.24) is 5.32 Å². The van der Waals surface area contributed by atoms with Crippen LogP contribution in [0.3, 0.4) is 0 Å². The Morgan fingerprint density at radius 2 is 1.95 bits per heavy atom. The van der Waals surface area contributed by atoms with Gasteiger partial charge in [-0.15, -0.1) is 0 Å². The first-order chi connectivity index (χ1) is 10.4. The fourth-order valence-corrected chi connectivity index (χ4v) is 3.06. The van der Waals surface area contributed by atoms with Gasteiger partial charge in [-0.3, -0.25) is 4.79 Å². The minimum atomic E-state index is -3.22. The zero-order valence-corrected chi connectivity index (χ0v) is 13.7. The number of carbonyl (C=O) groups is 1. The van der Waals surface area contributed by atoms with E-state index >= 15 is 0 Å². The number of sulfone groups is 1. The van der Waals surface area contributed by atoms with E-state index in [1.54, 1.807) is 12.1 Å². The molecule has 0 aliphatic carbocycles. The molecular weight excluding hydrogens is 298 g/mol. The Morgan fingerprint density at radius 3 is 2.64 bits per heavy atom. The predicted octanol–water partition coefficient (Wildman–Crippen LogP) is 2.70. The average molecular weight is 319 g/mol. The summed E-state index contributed by atoms with van der Waals surface area (Å²) in [5.41, 5.74) is 1.04. The van der Waals surface area contributed by atoms with Crippen molar-refractivity contribution in [2.75, 3.05) is 12.8 Å². The molecule has 0 aromatic heterocycles. The Bertz CT molecular complexity index is 782. The lowest BCUT2D eigenvalue weighted by atomic mass is 10.0. The van der Waals surface area contributed by atoms with Crippen molar-refractivity contribution in [2.45, 2.75) is 31.1 Å². The minimum Gasteiger partial charge on any atom is -0.356 e. The standard InChI is InChI=1S/C17H21NO3S/c1-3-5-17(19)18-11-10-14-7-4-6-13-8-9-15(12-16(13)14)22(2,20)21/h4,6-9,12H,3,5,10-11H2,1-2H3,(H,18,19). The first-order valence-corrected chi connectivity index (χ1v) is 9.29. The number of rotatable bonds is 6. The molecule has 0 radical (unpaired) electrons. The second-order valence-corrected chi connectivity index (χ2v) is 7.44.